The van der Waals surface area contributed by atoms with Crippen LogP contribution in [0.5, 0.6) is 0 Å². The standard InChI is InChI=1S/C17H18ClN3O3/c18-12-3-4-13-11(6-12)7-14(19-13)16(22)20-8-10-2-1-5-21(17(23)24)15(10)9-20/h3-4,6-7,10,15,19H,1-2,5,8-9H2,(H,23,24). The summed E-state index contributed by atoms with van der Waals surface area (Å²) in [6, 6.07) is 7.17. The number of nitrogens with zero attached hydrogens (tertiary/aromatic N) is 2. The van der Waals surface area contributed by atoms with E-state index in [-0.39, 0.29) is 17.9 Å². The number of amides is 2. The van der Waals surface area contributed by atoms with Gasteiger partial charge in [-0.3, -0.25) is 4.79 Å². The van der Waals surface area contributed by atoms with Crippen molar-refractivity contribution in [2.45, 2.75) is 18.9 Å². The Morgan fingerprint density at radius 2 is 2.08 bits per heavy atom. The van der Waals surface area contributed by atoms with Gasteiger partial charge in [0.2, 0.25) is 0 Å². The Morgan fingerprint density at radius 3 is 2.88 bits per heavy atom. The van der Waals surface area contributed by atoms with Gasteiger partial charge in [0.15, 0.2) is 0 Å². The Kier molecular flexibility index (Phi) is 3.64. The third kappa shape index (κ3) is 2.51. The SMILES string of the molecule is O=C(c1cc2cc(Cl)ccc2[nH]1)N1CC2CCCN(C(=O)O)C2C1. The van der Waals surface area contributed by atoms with E-state index in [0.717, 1.165) is 23.7 Å². The van der Waals surface area contributed by atoms with Crippen LogP contribution in [0, 0.1) is 5.92 Å². The number of nitrogens with one attached hydrogen (secondary N) is 1. The van der Waals surface area contributed by atoms with Crippen LogP contribution in [0.4, 0.5) is 4.79 Å². The highest BCUT2D eigenvalue weighted by atomic mass is 35.5. The second-order valence-corrected chi connectivity index (χ2v) is 7.01. The molecule has 2 fully saturated rings. The number of benzene rings is 1. The number of hydrogen-bond donors (Lipinski definition) is 2. The minimum atomic E-state index is -0.890. The van der Waals surface area contributed by atoms with Gasteiger partial charge in [-0.2, -0.15) is 0 Å². The van der Waals surface area contributed by atoms with E-state index in [1.807, 2.05) is 12.1 Å². The fraction of sp³-hybridized carbons (Fsp3) is 0.412. The third-order valence-corrected chi connectivity index (χ3v) is 5.36. The van der Waals surface area contributed by atoms with Crippen molar-refractivity contribution in [2.75, 3.05) is 19.6 Å². The summed E-state index contributed by atoms with van der Waals surface area (Å²) in [5, 5.41) is 10.9. The fourth-order valence-electron chi connectivity index (χ4n) is 3.97. The van der Waals surface area contributed by atoms with E-state index in [1.165, 1.54) is 4.90 Å². The Balaban J connectivity index is 1.57. The number of aromatic amines is 1. The minimum Gasteiger partial charge on any atom is -0.465 e. The number of H-pyrrole nitrogens is 1. The number of likely N-dealkylation sites (tertiary alicyclic amines) is 2. The molecule has 0 aliphatic carbocycles. The predicted octanol–water partition coefficient (Wildman–Crippen LogP) is 3.04. The number of fused-ring (bicyclic) bond motifs is 2. The van der Waals surface area contributed by atoms with E-state index < -0.39 is 6.09 Å². The number of carboxylic acid groups (broad SMARTS) is 1. The van der Waals surface area contributed by atoms with E-state index in [9.17, 15) is 14.7 Å². The summed E-state index contributed by atoms with van der Waals surface area (Å²) in [5.41, 5.74) is 1.39. The van der Waals surface area contributed by atoms with Gasteiger partial charge in [-0.1, -0.05) is 11.6 Å². The van der Waals surface area contributed by atoms with Crippen molar-refractivity contribution in [1.82, 2.24) is 14.8 Å². The van der Waals surface area contributed by atoms with E-state index in [4.69, 9.17) is 11.6 Å². The first kappa shape index (κ1) is 15.3. The number of hydrogen-bond acceptors (Lipinski definition) is 2. The minimum absolute atomic E-state index is 0.0814. The lowest BCUT2D eigenvalue weighted by Gasteiger charge is -2.34. The van der Waals surface area contributed by atoms with Crippen LogP contribution in [-0.2, 0) is 0 Å². The predicted molar refractivity (Wildman–Crippen MR) is 90.5 cm³/mol. The van der Waals surface area contributed by atoms with E-state index in [1.54, 1.807) is 17.0 Å². The van der Waals surface area contributed by atoms with Gasteiger partial charge in [-0.05, 0) is 43.0 Å². The molecule has 3 heterocycles. The van der Waals surface area contributed by atoms with Gasteiger partial charge in [0, 0.05) is 35.6 Å². The summed E-state index contributed by atoms with van der Waals surface area (Å²) in [7, 11) is 0. The first-order valence-corrected chi connectivity index (χ1v) is 8.48. The number of carbonyl (C=O) groups excluding carboxylic acids is 1. The number of carbonyl (C=O) groups is 2. The molecule has 24 heavy (non-hydrogen) atoms. The van der Waals surface area contributed by atoms with Gasteiger partial charge in [0.25, 0.3) is 5.91 Å². The number of aromatic nitrogens is 1. The Bertz CT molecular complexity index is 819. The molecule has 1 aromatic carbocycles. The lowest BCUT2D eigenvalue weighted by Crippen LogP contribution is -2.47. The topological polar surface area (TPSA) is 76.6 Å². The molecule has 0 spiro atoms. The molecule has 2 unspecified atom stereocenters. The summed E-state index contributed by atoms with van der Waals surface area (Å²) in [5.74, 6) is 0.152. The lowest BCUT2D eigenvalue weighted by molar-refractivity contribution is 0.0763. The van der Waals surface area contributed by atoms with E-state index >= 15 is 0 Å². The number of rotatable bonds is 1. The maximum Gasteiger partial charge on any atom is 0.407 e. The zero-order valence-corrected chi connectivity index (χ0v) is 13.8. The zero-order valence-electron chi connectivity index (χ0n) is 13.0. The highest BCUT2D eigenvalue weighted by Crippen LogP contribution is 2.31. The van der Waals surface area contributed by atoms with Crippen LogP contribution in [0.3, 0.4) is 0 Å². The van der Waals surface area contributed by atoms with Gasteiger partial charge in [-0.15, -0.1) is 0 Å². The van der Waals surface area contributed by atoms with Crippen LogP contribution in [0.25, 0.3) is 10.9 Å². The highest BCUT2D eigenvalue weighted by Gasteiger charge is 2.42. The summed E-state index contributed by atoms with van der Waals surface area (Å²) in [4.78, 5) is 30.6. The number of piperidine rings is 1. The van der Waals surface area contributed by atoms with Crippen molar-refractivity contribution in [3.05, 3.63) is 35.0 Å². The van der Waals surface area contributed by atoms with Crippen molar-refractivity contribution in [3.8, 4) is 0 Å². The van der Waals surface area contributed by atoms with Crippen LogP contribution >= 0.6 is 11.6 Å². The van der Waals surface area contributed by atoms with Crippen molar-refractivity contribution in [3.63, 3.8) is 0 Å². The largest absolute Gasteiger partial charge is 0.465 e. The molecule has 126 valence electrons. The second-order valence-electron chi connectivity index (χ2n) is 6.57. The van der Waals surface area contributed by atoms with Crippen molar-refractivity contribution in [1.29, 1.82) is 0 Å². The van der Waals surface area contributed by atoms with Crippen LogP contribution in [-0.4, -0.2) is 57.6 Å². The molecule has 2 aliphatic rings. The summed E-state index contributed by atoms with van der Waals surface area (Å²) in [6.45, 7) is 1.64. The molecule has 0 saturated carbocycles. The Hall–Kier alpha value is -2.21. The van der Waals surface area contributed by atoms with Crippen LogP contribution in [0.15, 0.2) is 24.3 Å². The molecule has 7 heteroatoms. The molecule has 2 N–H and O–H groups in total. The summed E-state index contributed by atoms with van der Waals surface area (Å²) >= 11 is 5.99. The zero-order chi connectivity index (χ0) is 16.8. The van der Waals surface area contributed by atoms with E-state index in [0.29, 0.717) is 30.4 Å². The molecule has 2 saturated heterocycles. The Labute approximate surface area is 144 Å². The maximum absolute atomic E-state index is 12.8. The third-order valence-electron chi connectivity index (χ3n) is 5.13. The van der Waals surface area contributed by atoms with Crippen LogP contribution in [0.2, 0.25) is 5.02 Å². The fourth-order valence-corrected chi connectivity index (χ4v) is 4.15. The molecule has 4 rings (SSSR count). The monoisotopic (exact) mass is 347 g/mol. The molecular formula is C17H18ClN3O3. The molecular weight excluding hydrogens is 330 g/mol. The quantitative estimate of drug-likeness (QED) is 0.832. The molecule has 2 aromatic rings. The summed E-state index contributed by atoms with van der Waals surface area (Å²) < 4.78 is 0. The van der Waals surface area contributed by atoms with Crippen molar-refractivity contribution in [2.24, 2.45) is 5.92 Å². The average Bonchev–Trinajstić information content (AvgIpc) is 3.16. The smallest absolute Gasteiger partial charge is 0.407 e. The second kappa shape index (κ2) is 5.70. The van der Waals surface area contributed by atoms with Crippen molar-refractivity contribution < 1.29 is 14.7 Å². The maximum atomic E-state index is 12.8. The van der Waals surface area contributed by atoms with Gasteiger partial charge in [0.05, 0.1) is 6.04 Å². The van der Waals surface area contributed by atoms with Crippen LogP contribution < -0.4 is 0 Å². The molecule has 0 radical (unpaired) electrons. The molecule has 2 aliphatic heterocycles. The van der Waals surface area contributed by atoms with Crippen LogP contribution in [0.1, 0.15) is 23.3 Å². The van der Waals surface area contributed by atoms with Gasteiger partial charge < -0.3 is 19.9 Å². The summed E-state index contributed by atoms with van der Waals surface area (Å²) in [6.07, 6.45) is 0.945. The first-order valence-electron chi connectivity index (χ1n) is 8.10. The first-order chi connectivity index (χ1) is 11.5. The molecule has 2 amide bonds. The van der Waals surface area contributed by atoms with Gasteiger partial charge in [-0.25, -0.2) is 4.79 Å². The molecule has 6 nitrogen and oxygen atoms in total. The van der Waals surface area contributed by atoms with Gasteiger partial charge in [0.1, 0.15) is 5.69 Å². The van der Waals surface area contributed by atoms with E-state index in [2.05, 4.69) is 4.98 Å². The molecule has 2 atom stereocenters. The normalized spacial score (nSPS) is 23.5. The highest BCUT2D eigenvalue weighted by molar-refractivity contribution is 6.31. The lowest BCUT2D eigenvalue weighted by atomic mass is 9.92. The van der Waals surface area contributed by atoms with Crippen molar-refractivity contribution >= 4 is 34.5 Å². The molecule has 0 bridgehead atoms. The number of halogens is 1. The van der Waals surface area contributed by atoms with Gasteiger partial charge >= 0.3 is 6.09 Å². The molecule has 1 aromatic heterocycles. The average molecular weight is 348 g/mol. The Morgan fingerprint density at radius 1 is 1.25 bits per heavy atom.